The molecule has 2 aromatic carbocycles. The molecule has 0 spiro atoms. The van der Waals surface area contributed by atoms with Crippen molar-refractivity contribution in [3.8, 4) is 5.69 Å². The molecule has 0 saturated heterocycles. The molecule has 2 heterocycles. The smallest absolute Gasteiger partial charge is 0.108 e. The van der Waals surface area contributed by atoms with Crippen LogP contribution in [0.15, 0.2) is 67.1 Å². The van der Waals surface area contributed by atoms with E-state index in [1.165, 1.54) is 0 Å². The number of pyridine rings is 1. The van der Waals surface area contributed by atoms with Gasteiger partial charge in [0.25, 0.3) is 0 Å². The van der Waals surface area contributed by atoms with Crippen LogP contribution in [-0.4, -0.2) is 14.5 Å². The number of imidazole rings is 1. The van der Waals surface area contributed by atoms with E-state index in [1.54, 1.807) is 0 Å². The quantitative estimate of drug-likeness (QED) is 0.513. The number of rotatable bonds is 1. The van der Waals surface area contributed by atoms with Crippen LogP contribution in [0.2, 0.25) is 0 Å². The zero-order valence-electron chi connectivity index (χ0n) is 10.2. The molecule has 0 atom stereocenters. The monoisotopic (exact) mass is 245 g/mol. The molecule has 0 aliphatic rings. The first-order chi connectivity index (χ1) is 9.43. The Morgan fingerprint density at radius 3 is 2.42 bits per heavy atom. The van der Waals surface area contributed by atoms with Crippen LogP contribution in [0.1, 0.15) is 0 Å². The summed E-state index contributed by atoms with van der Waals surface area (Å²) >= 11 is 0. The Hall–Kier alpha value is -2.68. The Balaban J connectivity index is 2.15. The van der Waals surface area contributed by atoms with E-state index in [-0.39, 0.29) is 0 Å². The fourth-order valence-corrected chi connectivity index (χ4v) is 2.43. The second-order valence-electron chi connectivity index (χ2n) is 4.46. The molecular formula is C16H11N3. The van der Waals surface area contributed by atoms with E-state index >= 15 is 0 Å². The van der Waals surface area contributed by atoms with Gasteiger partial charge in [-0.05, 0) is 18.2 Å². The van der Waals surface area contributed by atoms with Gasteiger partial charge in [-0.2, -0.15) is 0 Å². The number of aromatic nitrogens is 3. The molecule has 0 aliphatic carbocycles. The lowest BCUT2D eigenvalue weighted by Gasteiger charge is -2.06. The molecule has 4 aromatic rings. The Bertz CT molecular complexity index is 863. The van der Waals surface area contributed by atoms with Crippen LogP contribution >= 0.6 is 0 Å². The Kier molecular flexibility index (Phi) is 2.12. The van der Waals surface area contributed by atoms with E-state index in [4.69, 9.17) is 0 Å². The predicted octanol–water partition coefficient (Wildman–Crippen LogP) is 3.57. The van der Waals surface area contributed by atoms with E-state index in [0.29, 0.717) is 0 Å². The number of benzene rings is 2. The van der Waals surface area contributed by atoms with Crippen molar-refractivity contribution >= 4 is 21.9 Å². The third-order valence-electron chi connectivity index (χ3n) is 3.32. The van der Waals surface area contributed by atoms with Gasteiger partial charge in [0.15, 0.2) is 0 Å². The van der Waals surface area contributed by atoms with Gasteiger partial charge in [0.05, 0.1) is 17.2 Å². The first-order valence-corrected chi connectivity index (χ1v) is 6.20. The maximum absolute atomic E-state index is 4.45. The average Bonchev–Trinajstić information content (AvgIpc) is 2.92. The second-order valence-corrected chi connectivity index (χ2v) is 4.46. The minimum Gasteiger partial charge on any atom is -0.298 e. The largest absolute Gasteiger partial charge is 0.298 e. The molecule has 3 nitrogen and oxygen atoms in total. The number of hydrogen-bond acceptors (Lipinski definition) is 2. The van der Waals surface area contributed by atoms with Crippen molar-refractivity contribution in [3.63, 3.8) is 0 Å². The molecule has 0 aliphatic heterocycles. The van der Waals surface area contributed by atoms with Crippen LogP contribution in [-0.2, 0) is 0 Å². The summed E-state index contributed by atoms with van der Waals surface area (Å²) in [5.41, 5.74) is 4.13. The summed E-state index contributed by atoms with van der Waals surface area (Å²) in [6, 6.07) is 18.4. The number of para-hydroxylation sites is 2. The molecule has 0 amide bonds. The summed E-state index contributed by atoms with van der Waals surface area (Å²) in [4.78, 5) is 8.89. The van der Waals surface area contributed by atoms with Crippen molar-refractivity contribution in [2.45, 2.75) is 0 Å². The van der Waals surface area contributed by atoms with Crippen molar-refractivity contribution < 1.29 is 0 Å². The van der Waals surface area contributed by atoms with E-state index < -0.39 is 0 Å². The predicted molar refractivity (Wildman–Crippen MR) is 76.4 cm³/mol. The Morgan fingerprint density at radius 2 is 1.53 bits per heavy atom. The minimum atomic E-state index is 0.919. The van der Waals surface area contributed by atoms with Gasteiger partial charge in [-0.15, -0.1) is 0 Å². The van der Waals surface area contributed by atoms with Gasteiger partial charge in [0, 0.05) is 11.1 Å². The first kappa shape index (κ1) is 10.3. The van der Waals surface area contributed by atoms with Gasteiger partial charge >= 0.3 is 0 Å². The van der Waals surface area contributed by atoms with Crippen LogP contribution < -0.4 is 0 Å². The summed E-state index contributed by atoms with van der Waals surface area (Å²) in [5, 5.41) is 1.13. The second kappa shape index (κ2) is 3.92. The highest BCUT2D eigenvalue weighted by atomic mass is 15.1. The van der Waals surface area contributed by atoms with Crippen LogP contribution in [0, 0.1) is 0 Å². The van der Waals surface area contributed by atoms with Crippen LogP contribution in [0.5, 0.6) is 0 Å². The standard InChI is InChI=1S/C16H11N3/c1-2-6-12(7-3-1)19-11-18-15-10-17-14-9-5-4-8-13(14)16(15)19/h1-11H. The molecule has 0 unspecified atom stereocenters. The van der Waals surface area contributed by atoms with Gasteiger partial charge in [0.1, 0.15) is 11.8 Å². The average molecular weight is 245 g/mol. The van der Waals surface area contributed by atoms with E-state index in [2.05, 4.69) is 32.7 Å². The lowest BCUT2D eigenvalue weighted by Crippen LogP contribution is -1.92. The normalized spacial score (nSPS) is 11.2. The number of hydrogen-bond donors (Lipinski definition) is 0. The highest BCUT2D eigenvalue weighted by Crippen LogP contribution is 2.25. The summed E-state index contributed by atoms with van der Waals surface area (Å²) in [6.07, 6.45) is 3.69. The van der Waals surface area contributed by atoms with Gasteiger partial charge < -0.3 is 0 Å². The molecule has 90 valence electrons. The van der Waals surface area contributed by atoms with Crippen LogP contribution in [0.4, 0.5) is 0 Å². The molecule has 0 saturated carbocycles. The highest BCUT2D eigenvalue weighted by Gasteiger charge is 2.08. The summed E-state index contributed by atoms with van der Waals surface area (Å²) in [5.74, 6) is 0. The molecule has 3 heteroatoms. The summed E-state index contributed by atoms with van der Waals surface area (Å²) in [7, 11) is 0. The summed E-state index contributed by atoms with van der Waals surface area (Å²) < 4.78 is 2.11. The van der Waals surface area contributed by atoms with Gasteiger partial charge in [-0.1, -0.05) is 36.4 Å². The van der Waals surface area contributed by atoms with Crippen molar-refractivity contribution in [3.05, 3.63) is 67.1 Å². The molecule has 0 bridgehead atoms. The molecule has 0 N–H and O–H groups in total. The zero-order valence-corrected chi connectivity index (χ0v) is 10.2. The highest BCUT2D eigenvalue weighted by molar-refractivity contribution is 6.02. The molecule has 0 radical (unpaired) electrons. The zero-order chi connectivity index (χ0) is 12.7. The van der Waals surface area contributed by atoms with E-state index in [1.807, 2.05) is 48.9 Å². The minimum absolute atomic E-state index is 0.919. The molecule has 19 heavy (non-hydrogen) atoms. The molecule has 4 rings (SSSR count). The molecule has 2 aromatic heterocycles. The lowest BCUT2D eigenvalue weighted by atomic mass is 10.2. The Morgan fingerprint density at radius 1 is 0.737 bits per heavy atom. The van der Waals surface area contributed by atoms with Crippen molar-refractivity contribution in [2.24, 2.45) is 0 Å². The maximum Gasteiger partial charge on any atom is 0.108 e. The maximum atomic E-state index is 4.45. The van der Waals surface area contributed by atoms with E-state index in [9.17, 15) is 0 Å². The van der Waals surface area contributed by atoms with Crippen molar-refractivity contribution in [2.75, 3.05) is 0 Å². The van der Waals surface area contributed by atoms with Crippen LogP contribution in [0.25, 0.3) is 27.6 Å². The van der Waals surface area contributed by atoms with Gasteiger partial charge in [-0.3, -0.25) is 9.55 Å². The fourth-order valence-electron chi connectivity index (χ4n) is 2.43. The molecule has 0 fully saturated rings. The number of fused-ring (bicyclic) bond motifs is 3. The summed E-state index contributed by atoms with van der Waals surface area (Å²) in [6.45, 7) is 0. The third kappa shape index (κ3) is 1.52. The van der Waals surface area contributed by atoms with Crippen LogP contribution in [0.3, 0.4) is 0 Å². The van der Waals surface area contributed by atoms with E-state index in [0.717, 1.165) is 27.6 Å². The van der Waals surface area contributed by atoms with Crippen molar-refractivity contribution in [1.29, 1.82) is 0 Å². The van der Waals surface area contributed by atoms with Gasteiger partial charge in [0.2, 0.25) is 0 Å². The van der Waals surface area contributed by atoms with Gasteiger partial charge in [-0.25, -0.2) is 4.98 Å². The molecular weight excluding hydrogens is 234 g/mol. The topological polar surface area (TPSA) is 30.7 Å². The Labute approximate surface area is 110 Å². The number of nitrogens with zero attached hydrogens (tertiary/aromatic N) is 3. The van der Waals surface area contributed by atoms with Crippen molar-refractivity contribution in [1.82, 2.24) is 14.5 Å². The fraction of sp³-hybridized carbons (Fsp3) is 0. The first-order valence-electron chi connectivity index (χ1n) is 6.20. The third-order valence-corrected chi connectivity index (χ3v) is 3.32. The lowest BCUT2D eigenvalue weighted by molar-refractivity contribution is 1.10. The SMILES string of the molecule is c1ccc(-n2cnc3cnc4ccccc4c32)cc1.